The number of aromatic nitrogens is 1. The first-order valence-corrected chi connectivity index (χ1v) is 2.77. The van der Waals surface area contributed by atoms with Gasteiger partial charge in [0.25, 0.3) is 0 Å². The van der Waals surface area contributed by atoms with E-state index in [0.717, 1.165) is 0 Å². The van der Waals surface area contributed by atoms with Crippen LogP contribution in [0.15, 0.2) is 12.3 Å². The normalized spacial score (nSPS) is 10.1. The van der Waals surface area contributed by atoms with E-state index in [1.807, 2.05) is 0 Å². The molecule has 1 aromatic heterocycles. The summed E-state index contributed by atoms with van der Waals surface area (Å²) in [5.41, 5.74) is 5.14. The minimum absolute atomic E-state index is 0.0307. The van der Waals surface area contributed by atoms with Gasteiger partial charge in [-0.25, -0.2) is 4.98 Å². The van der Waals surface area contributed by atoms with Gasteiger partial charge >= 0.3 is 6.61 Å². The molecule has 0 fully saturated rings. The number of anilines is 1. The lowest BCUT2D eigenvalue weighted by Gasteiger charge is -2.02. The maximum Gasteiger partial charge on any atom is 0.387 e. The Labute approximate surface area is 61.8 Å². The first-order chi connectivity index (χ1) is 5.18. The first kappa shape index (κ1) is 7.71. The lowest BCUT2D eigenvalue weighted by atomic mass is 10.4. The Morgan fingerprint density at radius 1 is 1.64 bits per heavy atom. The molecule has 11 heavy (non-hydrogen) atoms. The van der Waals surface area contributed by atoms with Crippen LogP contribution in [0.2, 0.25) is 0 Å². The molecule has 0 aliphatic rings. The minimum atomic E-state index is -2.85. The first-order valence-electron chi connectivity index (χ1n) is 2.77. The van der Waals surface area contributed by atoms with E-state index in [9.17, 15) is 8.78 Å². The number of nitrogens with two attached hydrogens (primary N) is 1. The Kier molecular flexibility index (Phi) is 2.20. The van der Waals surface area contributed by atoms with Gasteiger partial charge < -0.3 is 10.5 Å². The predicted octanol–water partition coefficient (Wildman–Crippen LogP) is 1.07. The maximum atomic E-state index is 11.5. The van der Waals surface area contributed by atoms with E-state index in [4.69, 9.17) is 5.73 Å². The average Bonchev–Trinajstić information content (AvgIpc) is 1.85. The Morgan fingerprint density at radius 2 is 2.36 bits per heavy atom. The zero-order valence-electron chi connectivity index (χ0n) is 5.42. The number of pyridine rings is 1. The zero-order chi connectivity index (χ0) is 8.27. The molecule has 3 nitrogen and oxygen atoms in total. The summed E-state index contributed by atoms with van der Waals surface area (Å²) in [6.07, 6.45) is 1.27. The Balaban J connectivity index is 2.71. The quantitative estimate of drug-likeness (QED) is 0.701. The minimum Gasteiger partial charge on any atom is -0.434 e. The molecular weight excluding hydrogens is 154 g/mol. The second kappa shape index (κ2) is 3.14. The van der Waals surface area contributed by atoms with Crippen LogP contribution in [0.25, 0.3) is 0 Å². The van der Waals surface area contributed by atoms with Crippen molar-refractivity contribution in [3.05, 3.63) is 18.3 Å². The van der Waals surface area contributed by atoms with Crippen molar-refractivity contribution in [2.24, 2.45) is 0 Å². The number of ether oxygens (including phenoxy) is 1. The zero-order valence-corrected chi connectivity index (χ0v) is 5.42. The number of alkyl halides is 2. The van der Waals surface area contributed by atoms with Gasteiger partial charge in [0.15, 0.2) is 0 Å². The third-order valence-corrected chi connectivity index (χ3v) is 0.907. The molecule has 0 aliphatic heterocycles. The van der Waals surface area contributed by atoms with E-state index in [-0.39, 0.29) is 11.6 Å². The van der Waals surface area contributed by atoms with Crippen LogP contribution < -0.4 is 10.5 Å². The predicted molar refractivity (Wildman–Crippen MR) is 34.1 cm³/mol. The largest absolute Gasteiger partial charge is 0.434 e. The van der Waals surface area contributed by atoms with Crippen LogP contribution in [0.3, 0.4) is 0 Å². The fourth-order valence-corrected chi connectivity index (χ4v) is 0.550. The van der Waals surface area contributed by atoms with Crippen molar-refractivity contribution in [1.29, 1.82) is 0 Å². The highest BCUT2D eigenvalue weighted by Crippen LogP contribution is 2.13. The van der Waals surface area contributed by atoms with Gasteiger partial charge in [-0.1, -0.05) is 0 Å². The molecule has 0 bridgehead atoms. The van der Waals surface area contributed by atoms with Crippen LogP contribution in [0, 0.1) is 6.07 Å². The van der Waals surface area contributed by atoms with E-state index in [1.165, 1.54) is 12.3 Å². The van der Waals surface area contributed by atoms with Gasteiger partial charge in [-0.15, -0.1) is 0 Å². The van der Waals surface area contributed by atoms with E-state index < -0.39 is 6.61 Å². The van der Waals surface area contributed by atoms with Gasteiger partial charge in [0.1, 0.15) is 11.6 Å². The molecule has 0 unspecified atom stereocenters. The second-order valence-corrected chi connectivity index (χ2v) is 1.70. The fraction of sp³-hybridized carbons (Fsp3) is 0.167. The van der Waals surface area contributed by atoms with Crippen LogP contribution >= 0.6 is 0 Å². The van der Waals surface area contributed by atoms with Crippen molar-refractivity contribution in [2.45, 2.75) is 6.61 Å². The number of halogens is 2. The maximum absolute atomic E-state index is 11.5. The van der Waals surface area contributed by atoms with Gasteiger partial charge in [-0.2, -0.15) is 8.78 Å². The molecule has 2 N–H and O–H groups in total. The van der Waals surface area contributed by atoms with Crippen LogP contribution in [0.4, 0.5) is 14.6 Å². The molecule has 0 saturated carbocycles. The standard InChI is InChI=1S/C6H5F2N2O/c7-6(8)11-4-1-2-10-5(9)3-4/h1-2,6H,(H2,9,10). The van der Waals surface area contributed by atoms with Crippen LogP contribution in [0.1, 0.15) is 0 Å². The highest BCUT2D eigenvalue weighted by Gasteiger charge is 2.03. The molecule has 0 atom stereocenters. The summed E-state index contributed by atoms with van der Waals surface area (Å²) in [7, 11) is 0. The molecule has 1 radical (unpaired) electrons. The fourth-order valence-electron chi connectivity index (χ4n) is 0.550. The number of hydrogen-bond acceptors (Lipinski definition) is 3. The lowest BCUT2D eigenvalue weighted by Crippen LogP contribution is -2.02. The van der Waals surface area contributed by atoms with Gasteiger partial charge in [0.2, 0.25) is 0 Å². The van der Waals surface area contributed by atoms with Gasteiger partial charge in [-0.05, 0) is 6.07 Å². The van der Waals surface area contributed by atoms with E-state index in [0.29, 0.717) is 0 Å². The number of nitrogens with zero attached hydrogens (tertiary/aromatic N) is 1. The van der Waals surface area contributed by atoms with Crippen molar-refractivity contribution in [1.82, 2.24) is 4.98 Å². The molecular formula is C6H5F2N2O. The van der Waals surface area contributed by atoms with E-state index >= 15 is 0 Å². The van der Waals surface area contributed by atoms with Crippen molar-refractivity contribution >= 4 is 5.82 Å². The molecule has 59 valence electrons. The lowest BCUT2D eigenvalue weighted by molar-refractivity contribution is -0.0500. The summed E-state index contributed by atoms with van der Waals surface area (Å²) in [6.45, 7) is -2.85. The average molecular weight is 159 g/mol. The van der Waals surface area contributed by atoms with E-state index in [2.05, 4.69) is 15.8 Å². The summed E-state index contributed by atoms with van der Waals surface area (Å²) in [6, 6.07) is 3.56. The monoisotopic (exact) mass is 159 g/mol. The summed E-state index contributed by atoms with van der Waals surface area (Å²) < 4.78 is 27.1. The molecule has 0 spiro atoms. The summed E-state index contributed by atoms with van der Waals surface area (Å²) >= 11 is 0. The molecule has 1 aromatic rings. The van der Waals surface area contributed by atoms with Crippen LogP contribution in [0.5, 0.6) is 5.75 Å². The Hall–Kier alpha value is -1.39. The topological polar surface area (TPSA) is 48.1 Å². The molecule has 0 saturated heterocycles. The van der Waals surface area contributed by atoms with Crippen molar-refractivity contribution < 1.29 is 13.5 Å². The van der Waals surface area contributed by atoms with Crippen molar-refractivity contribution in [2.75, 3.05) is 5.73 Å². The highest BCUT2D eigenvalue weighted by molar-refractivity contribution is 5.33. The smallest absolute Gasteiger partial charge is 0.387 e. The van der Waals surface area contributed by atoms with Crippen molar-refractivity contribution in [3.8, 4) is 5.75 Å². The second-order valence-electron chi connectivity index (χ2n) is 1.70. The molecule has 0 amide bonds. The summed E-state index contributed by atoms with van der Waals surface area (Å²) in [5, 5.41) is 0. The van der Waals surface area contributed by atoms with Crippen molar-refractivity contribution in [3.63, 3.8) is 0 Å². The van der Waals surface area contributed by atoms with E-state index in [1.54, 1.807) is 0 Å². The van der Waals surface area contributed by atoms with Gasteiger partial charge in [0.05, 0.1) is 6.07 Å². The Morgan fingerprint density at radius 3 is 2.91 bits per heavy atom. The summed E-state index contributed by atoms with van der Waals surface area (Å²) in [5.74, 6) is -0.0735. The molecule has 1 rings (SSSR count). The Bertz CT molecular complexity index is 242. The number of hydrogen-bond donors (Lipinski definition) is 1. The van der Waals surface area contributed by atoms with Crippen LogP contribution in [-0.2, 0) is 0 Å². The third kappa shape index (κ3) is 2.37. The van der Waals surface area contributed by atoms with Gasteiger partial charge in [-0.3, -0.25) is 0 Å². The number of nitrogen functional groups attached to an aromatic ring is 1. The highest BCUT2D eigenvalue weighted by atomic mass is 19.3. The molecule has 1 heterocycles. The molecule has 5 heteroatoms. The number of rotatable bonds is 2. The summed E-state index contributed by atoms with van der Waals surface area (Å²) in [4.78, 5) is 3.54. The third-order valence-electron chi connectivity index (χ3n) is 0.907. The van der Waals surface area contributed by atoms with Crippen LogP contribution in [-0.4, -0.2) is 11.6 Å². The molecule has 0 aliphatic carbocycles. The van der Waals surface area contributed by atoms with Gasteiger partial charge in [0, 0.05) is 6.20 Å². The molecule has 0 aromatic carbocycles. The SMILES string of the molecule is Nc1[c]c(OC(F)F)ccn1.